The molecule has 1 aliphatic heterocycles. The van der Waals surface area contributed by atoms with E-state index in [0.29, 0.717) is 11.6 Å². The number of aryl methyl sites for hydroxylation is 1. The van der Waals surface area contributed by atoms with Crippen LogP contribution in [0.15, 0.2) is 67.0 Å². The first-order valence-corrected chi connectivity index (χ1v) is 10.3. The number of benzene rings is 2. The van der Waals surface area contributed by atoms with Crippen molar-refractivity contribution in [2.24, 2.45) is 0 Å². The van der Waals surface area contributed by atoms with Crippen LogP contribution in [0.1, 0.15) is 12.5 Å². The highest BCUT2D eigenvalue weighted by atomic mass is 16.2. The largest absolute Gasteiger partial charge is 0.368 e. The van der Waals surface area contributed by atoms with Crippen LogP contribution in [0, 0.1) is 0 Å². The number of anilines is 4. The molecular weight excluding hydrogens is 376 g/mol. The minimum absolute atomic E-state index is 0.302. The summed E-state index contributed by atoms with van der Waals surface area (Å²) in [6, 6.07) is 17.9. The first kappa shape index (κ1) is 19.7. The zero-order valence-electron chi connectivity index (χ0n) is 17.1. The average molecular weight is 403 g/mol. The first-order chi connectivity index (χ1) is 14.7. The predicted octanol–water partition coefficient (Wildman–Crippen LogP) is 4.01. The number of piperazine rings is 1. The van der Waals surface area contributed by atoms with Gasteiger partial charge in [-0.1, -0.05) is 43.3 Å². The summed E-state index contributed by atoms with van der Waals surface area (Å²) in [7, 11) is 0. The van der Waals surface area contributed by atoms with E-state index in [1.165, 1.54) is 5.69 Å². The van der Waals surface area contributed by atoms with Gasteiger partial charge in [-0.05, 0) is 30.2 Å². The van der Waals surface area contributed by atoms with Crippen molar-refractivity contribution < 1.29 is 4.79 Å². The van der Waals surface area contributed by atoms with E-state index in [4.69, 9.17) is 0 Å². The van der Waals surface area contributed by atoms with Crippen molar-refractivity contribution in [1.82, 2.24) is 9.97 Å². The number of rotatable bonds is 5. The van der Waals surface area contributed by atoms with E-state index in [0.717, 1.165) is 43.9 Å². The molecule has 1 fully saturated rings. The fourth-order valence-corrected chi connectivity index (χ4v) is 3.59. The van der Waals surface area contributed by atoms with Gasteiger partial charge in [-0.15, -0.1) is 0 Å². The number of hydrogen-bond donors (Lipinski definition) is 2. The summed E-state index contributed by atoms with van der Waals surface area (Å²) in [5, 5.41) is 5.69. The van der Waals surface area contributed by atoms with Gasteiger partial charge >= 0.3 is 6.03 Å². The highest BCUT2D eigenvalue weighted by Gasteiger charge is 2.19. The standard InChI is InChI=1S/C23H26N6O/c1-2-18-8-6-7-11-21(18)27-23(30)26-19-16-24-22(25-17-19)29-14-12-28(13-15-29)20-9-4-3-5-10-20/h3-11,16-17H,2,12-15H2,1H3,(H2,26,27,30). The molecule has 1 saturated heterocycles. The molecule has 3 aromatic rings. The molecule has 0 aliphatic carbocycles. The van der Waals surface area contributed by atoms with Crippen molar-refractivity contribution in [3.8, 4) is 0 Å². The number of nitrogens with zero attached hydrogens (tertiary/aromatic N) is 4. The maximum atomic E-state index is 12.3. The Balaban J connectivity index is 1.31. The van der Waals surface area contributed by atoms with E-state index in [-0.39, 0.29) is 6.03 Å². The maximum Gasteiger partial charge on any atom is 0.323 e. The van der Waals surface area contributed by atoms with Crippen molar-refractivity contribution in [2.45, 2.75) is 13.3 Å². The van der Waals surface area contributed by atoms with Crippen molar-refractivity contribution in [1.29, 1.82) is 0 Å². The van der Waals surface area contributed by atoms with Crippen LogP contribution in [0.5, 0.6) is 0 Å². The third kappa shape index (κ3) is 4.68. The second-order valence-corrected chi connectivity index (χ2v) is 7.17. The maximum absolute atomic E-state index is 12.3. The normalized spacial score (nSPS) is 13.8. The van der Waals surface area contributed by atoms with Gasteiger partial charge in [0.2, 0.25) is 5.95 Å². The van der Waals surface area contributed by atoms with Gasteiger partial charge in [0.05, 0.1) is 18.1 Å². The van der Waals surface area contributed by atoms with Crippen LogP contribution < -0.4 is 20.4 Å². The van der Waals surface area contributed by atoms with Crippen LogP contribution in [-0.2, 0) is 6.42 Å². The quantitative estimate of drug-likeness (QED) is 0.675. The SMILES string of the molecule is CCc1ccccc1NC(=O)Nc1cnc(N2CCN(c3ccccc3)CC2)nc1. The van der Waals surface area contributed by atoms with Crippen LogP contribution >= 0.6 is 0 Å². The molecule has 0 bridgehead atoms. The van der Waals surface area contributed by atoms with Gasteiger partial charge in [0, 0.05) is 37.6 Å². The molecule has 2 aromatic carbocycles. The Bertz CT molecular complexity index is 968. The van der Waals surface area contributed by atoms with Gasteiger partial charge in [-0.2, -0.15) is 0 Å². The Labute approximate surface area is 176 Å². The number of urea groups is 1. The van der Waals surface area contributed by atoms with Gasteiger partial charge in [-0.25, -0.2) is 14.8 Å². The molecule has 0 radical (unpaired) electrons. The Kier molecular flexibility index (Phi) is 6.08. The van der Waals surface area contributed by atoms with E-state index >= 15 is 0 Å². The molecule has 2 amide bonds. The van der Waals surface area contributed by atoms with Gasteiger partial charge in [0.1, 0.15) is 0 Å². The molecule has 7 heteroatoms. The predicted molar refractivity (Wildman–Crippen MR) is 121 cm³/mol. The van der Waals surface area contributed by atoms with Crippen LogP contribution in [0.4, 0.5) is 27.8 Å². The van der Waals surface area contributed by atoms with E-state index < -0.39 is 0 Å². The third-order valence-corrected chi connectivity index (χ3v) is 5.23. The zero-order valence-corrected chi connectivity index (χ0v) is 17.1. The fraction of sp³-hybridized carbons (Fsp3) is 0.261. The summed E-state index contributed by atoms with van der Waals surface area (Å²) in [5.74, 6) is 0.685. The molecule has 2 heterocycles. The van der Waals surface area contributed by atoms with E-state index in [1.54, 1.807) is 12.4 Å². The second kappa shape index (κ2) is 9.26. The Morgan fingerprint density at radius 1 is 0.867 bits per heavy atom. The topological polar surface area (TPSA) is 73.4 Å². The molecule has 1 aliphatic rings. The van der Waals surface area contributed by atoms with Crippen molar-refractivity contribution in [2.75, 3.05) is 46.6 Å². The highest BCUT2D eigenvalue weighted by Crippen LogP contribution is 2.19. The average Bonchev–Trinajstić information content (AvgIpc) is 2.80. The molecule has 30 heavy (non-hydrogen) atoms. The molecule has 154 valence electrons. The lowest BCUT2D eigenvalue weighted by molar-refractivity contribution is 0.262. The molecule has 0 spiro atoms. The summed E-state index contributed by atoms with van der Waals surface area (Å²) in [4.78, 5) is 25.7. The molecule has 0 atom stereocenters. The Morgan fingerprint density at radius 3 is 2.20 bits per heavy atom. The Hall–Kier alpha value is -3.61. The number of hydrogen-bond acceptors (Lipinski definition) is 5. The summed E-state index contributed by atoms with van der Waals surface area (Å²) >= 11 is 0. The summed E-state index contributed by atoms with van der Waals surface area (Å²) in [6.07, 6.45) is 4.15. The number of aromatic nitrogens is 2. The van der Waals surface area contributed by atoms with Crippen molar-refractivity contribution in [3.63, 3.8) is 0 Å². The van der Waals surface area contributed by atoms with Crippen molar-refractivity contribution in [3.05, 3.63) is 72.6 Å². The molecular formula is C23H26N6O. The number of amides is 2. The van der Waals surface area contributed by atoms with Crippen LogP contribution in [0.2, 0.25) is 0 Å². The fourth-order valence-electron chi connectivity index (χ4n) is 3.59. The minimum Gasteiger partial charge on any atom is -0.368 e. The lowest BCUT2D eigenvalue weighted by Gasteiger charge is -2.36. The van der Waals surface area contributed by atoms with E-state index in [1.807, 2.05) is 30.3 Å². The Morgan fingerprint density at radius 2 is 1.50 bits per heavy atom. The number of carbonyl (C=O) groups is 1. The first-order valence-electron chi connectivity index (χ1n) is 10.3. The molecule has 2 N–H and O–H groups in total. The highest BCUT2D eigenvalue weighted by molar-refractivity contribution is 6.00. The molecule has 0 unspecified atom stereocenters. The van der Waals surface area contributed by atoms with E-state index in [9.17, 15) is 4.79 Å². The van der Waals surface area contributed by atoms with Crippen LogP contribution in [0.25, 0.3) is 0 Å². The smallest absolute Gasteiger partial charge is 0.323 e. The minimum atomic E-state index is -0.302. The van der Waals surface area contributed by atoms with Crippen LogP contribution in [-0.4, -0.2) is 42.2 Å². The monoisotopic (exact) mass is 402 g/mol. The van der Waals surface area contributed by atoms with Crippen molar-refractivity contribution >= 4 is 29.0 Å². The van der Waals surface area contributed by atoms with Gasteiger partial charge in [-0.3, -0.25) is 0 Å². The number of carbonyl (C=O) groups excluding carboxylic acids is 1. The molecule has 4 rings (SSSR count). The third-order valence-electron chi connectivity index (χ3n) is 5.23. The van der Waals surface area contributed by atoms with Gasteiger partial charge in [0.25, 0.3) is 0 Å². The van der Waals surface area contributed by atoms with Crippen LogP contribution in [0.3, 0.4) is 0 Å². The molecule has 7 nitrogen and oxygen atoms in total. The lowest BCUT2D eigenvalue weighted by Crippen LogP contribution is -2.47. The summed E-state index contributed by atoms with van der Waals surface area (Å²) < 4.78 is 0. The summed E-state index contributed by atoms with van der Waals surface area (Å²) in [6.45, 7) is 5.62. The van der Waals surface area contributed by atoms with Gasteiger partial charge < -0.3 is 20.4 Å². The molecule has 1 aromatic heterocycles. The molecule has 0 saturated carbocycles. The zero-order chi connectivity index (χ0) is 20.8. The van der Waals surface area contributed by atoms with Gasteiger partial charge in [0.15, 0.2) is 0 Å². The summed E-state index contributed by atoms with van der Waals surface area (Å²) in [5.41, 5.74) is 3.71. The number of para-hydroxylation sites is 2. The second-order valence-electron chi connectivity index (χ2n) is 7.17. The number of nitrogens with one attached hydrogen (secondary N) is 2. The lowest BCUT2D eigenvalue weighted by atomic mass is 10.1. The van der Waals surface area contributed by atoms with E-state index in [2.05, 4.69) is 61.6 Å².